The highest BCUT2D eigenvalue weighted by atomic mass is 16.5. The minimum atomic E-state index is 0.382. The topological polar surface area (TPSA) is 72.0 Å². The van der Waals surface area contributed by atoms with Gasteiger partial charge in [0.05, 0.1) is 13.3 Å². The van der Waals surface area contributed by atoms with E-state index in [1.165, 1.54) is 11.1 Å². The molecular weight excluding hydrogens is 350 g/mol. The number of methoxy groups -OCH3 is 1. The molecule has 0 aliphatic carbocycles. The van der Waals surface area contributed by atoms with Gasteiger partial charge in [-0.2, -0.15) is 10.1 Å². The molecule has 2 N–H and O–H groups in total. The van der Waals surface area contributed by atoms with Crippen LogP contribution in [0.5, 0.6) is 5.75 Å². The van der Waals surface area contributed by atoms with Gasteiger partial charge in [-0.1, -0.05) is 52.0 Å². The summed E-state index contributed by atoms with van der Waals surface area (Å²) in [6.45, 7) is 8.74. The van der Waals surface area contributed by atoms with Crippen molar-refractivity contribution in [1.82, 2.24) is 15.2 Å². The molecule has 3 rings (SSSR count). The average Bonchev–Trinajstić information content (AvgIpc) is 2.68. The minimum Gasteiger partial charge on any atom is -0.497 e. The third kappa shape index (κ3) is 4.57. The Balaban J connectivity index is 1.89. The van der Waals surface area contributed by atoms with E-state index in [0.29, 0.717) is 23.6 Å². The number of nitrogens with zero attached hydrogens (tertiary/aromatic N) is 3. The molecule has 0 radical (unpaired) electrons. The monoisotopic (exact) mass is 377 g/mol. The second-order valence-electron chi connectivity index (χ2n) is 7.27. The predicted molar refractivity (Wildman–Crippen MR) is 114 cm³/mol. The molecule has 0 aliphatic rings. The summed E-state index contributed by atoms with van der Waals surface area (Å²) >= 11 is 0. The minimum absolute atomic E-state index is 0.382. The molecule has 6 nitrogen and oxygen atoms in total. The van der Waals surface area contributed by atoms with Crippen molar-refractivity contribution in [3.8, 4) is 5.75 Å². The molecule has 6 heteroatoms. The molecule has 0 saturated heterocycles. The van der Waals surface area contributed by atoms with Crippen LogP contribution >= 0.6 is 0 Å². The molecule has 146 valence electrons. The highest BCUT2D eigenvalue weighted by molar-refractivity contribution is 5.66. The van der Waals surface area contributed by atoms with Crippen LogP contribution in [0.3, 0.4) is 0 Å². The summed E-state index contributed by atoms with van der Waals surface area (Å²) in [5.41, 5.74) is 4.41. The van der Waals surface area contributed by atoms with Gasteiger partial charge in [0.25, 0.3) is 0 Å². The van der Waals surface area contributed by atoms with Crippen molar-refractivity contribution in [3.05, 3.63) is 59.8 Å². The summed E-state index contributed by atoms with van der Waals surface area (Å²) in [6, 6.07) is 14.1. The maximum atomic E-state index is 5.27. The summed E-state index contributed by atoms with van der Waals surface area (Å²) in [6.07, 6.45) is 1.60. The number of hydrogen-bond donors (Lipinski definition) is 2. The third-order valence-electron chi connectivity index (χ3n) is 4.51. The highest BCUT2D eigenvalue weighted by Crippen LogP contribution is 2.34. The second-order valence-corrected chi connectivity index (χ2v) is 7.27. The summed E-state index contributed by atoms with van der Waals surface area (Å²) in [7, 11) is 1.64. The van der Waals surface area contributed by atoms with E-state index in [0.717, 1.165) is 17.1 Å². The predicted octanol–water partition coefficient (Wildman–Crippen LogP) is 5.61. The van der Waals surface area contributed by atoms with Crippen LogP contribution in [0.15, 0.2) is 48.7 Å². The molecule has 0 saturated carbocycles. The normalized spacial score (nSPS) is 11.0. The maximum absolute atomic E-state index is 5.27. The van der Waals surface area contributed by atoms with Crippen molar-refractivity contribution >= 4 is 23.1 Å². The number of benzene rings is 2. The molecular formula is C22H27N5O. The second kappa shape index (κ2) is 8.69. The first-order chi connectivity index (χ1) is 13.5. The molecule has 3 aromatic rings. The molecule has 28 heavy (non-hydrogen) atoms. The van der Waals surface area contributed by atoms with E-state index in [4.69, 9.17) is 4.74 Å². The Bertz CT molecular complexity index is 913. The van der Waals surface area contributed by atoms with E-state index in [1.54, 1.807) is 13.3 Å². The molecule has 0 atom stereocenters. The fourth-order valence-electron chi connectivity index (χ4n) is 3.07. The number of para-hydroxylation sites is 1. The van der Waals surface area contributed by atoms with Gasteiger partial charge in [0.2, 0.25) is 5.95 Å². The lowest BCUT2D eigenvalue weighted by molar-refractivity contribution is 0.415. The molecule has 1 aromatic heterocycles. The van der Waals surface area contributed by atoms with Gasteiger partial charge >= 0.3 is 0 Å². The van der Waals surface area contributed by atoms with Crippen LogP contribution in [0.25, 0.3) is 0 Å². The Hall–Kier alpha value is -3.15. The van der Waals surface area contributed by atoms with Gasteiger partial charge in [0.15, 0.2) is 5.82 Å². The molecule has 0 spiro atoms. The van der Waals surface area contributed by atoms with E-state index in [9.17, 15) is 0 Å². The molecule has 0 aliphatic heterocycles. The first-order valence-electron chi connectivity index (χ1n) is 9.48. The lowest BCUT2D eigenvalue weighted by Crippen LogP contribution is -2.07. The SMILES string of the molecule is COc1cccc(Nc2cnnc(Nc3c(C(C)C)cccc3C(C)C)n2)c1. The Labute approximate surface area is 166 Å². The van der Waals surface area contributed by atoms with E-state index in [2.05, 4.69) is 71.7 Å². The Kier molecular flexibility index (Phi) is 6.09. The van der Waals surface area contributed by atoms with Crippen LogP contribution in [-0.2, 0) is 0 Å². The zero-order valence-electron chi connectivity index (χ0n) is 17.0. The Morgan fingerprint density at radius 3 is 2.21 bits per heavy atom. The molecule has 0 unspecified atom stereocenters. The first kappa shape index (κ1) is 19.6. The molecule has 0 bridgehead atoms. The lowest BCUT2D eigenvalue weighted by Gasteiger charge is -2.20. The third-order valence-corrected chi connectivity index (χ3v) is 4.51. The Morgan fingerprint density at radius 2 is 1.57 bits per heavy atom. The van der Waals surface area contributed by atoms with Gasteiger partial charge in [0.1, 0.15) is 5.75 Å². The number of anilines is 4. The van der Waals surface area contributed by atoms with Gasteiger partial charge in [0, 0.05) is 17.4 Å². The van der Waals surface area contributed by atoms with Crippen molar-refractivity contribution in [2.24, 2.45) is 0 Å². The fourth-order valence-corrected chi connectivity index (χ4v) is 3.07. The number of ether oxygens (including phenoxy) is 1. The van der Waals surface area contributed by atoms with Crippen molar-refractivity contribution in [1.29, 1.82) is 0 Å². The van der Waals surface area contributed by atoms with Crippen LogP contribution in [0.2, 0.25) is 0 Å². The maximum Gasteiger partial charge on any atom is 0.249 e. The van der Waals surface area contributed by atoms with Crippen LogP contribution in [0, 0.1) is 0 Å². The van der Waals surface area contributed by atoms with E-state index in [-0.39, 0.29) is 0 Å². The summed E-state index contributed by atoms with van der Waals surface area (Å²) in [5.74, 6) is 2.61. The number of aromatic nitrogens is 3. The van der Waals surface area contributed by atoms with Crippen molar-refractivity contribution in [2.45, 2.75) is 39.5 Å². The van der Waals surface area contributed by atoms with E-state index >= 15 is 0 Å². The van der Waals surface area contributed by atoms with E-state index in [1.807, 2.05) is 24.3 Å². The largest absolute Gasteiger partial charge is 0.497 e. The molecule has 1 heterocycles. The van der Waals surface area contributed by atoms with Gasteiger partial charge < -0.3 is 15.4 Å². The van der Waals surface area contributed by atoms with Crippen LogP contribution < -0.4 is 15.4 Å². The van der Waals surface area contributed by atoms with Gasteiger partial charge in [-0.25, -0.2) is 0 Å². The summed E-state index contributed by atoms with van der Waals surface area (Å²) in [4.78, 5) is 4.58. The van der Waals surface area contributed by atoms with Gasteiger partial charge in [-0.3, -0.25) is 0 Å². The molecule has 2 aromatic carbocycles. The zero-order valence-corrected chi connectivity index (χ0v) is 17.0. The Morgan fingerprint density at radius 1 is 0.893 bits per heavy atom. The fraction of sp³-hybridized carbons (Fsp3) is 0.318. The smallest absolute Gasteiger partial charge is 0.249 e. The van der Waals surface area contributed by atoms with Crippen molar-refractivity contribution in [2.75, 3.05) is 17.7 Å². The molecule has 0 amide bonds. The first-order valence-corrected chi connectivity index (χ1v) is 9.48. The van der Waals surface area contributed by atoms with Crippen LogP contribution in [0.1, 0.15) is 50.7 Å². The highest BCUT2D eigenvalue weighted by Gasteiger charge is 2.15. The molecule has 0 fully saturated rings. The quantitative estimate of drug-likeness (QED) is 0.557. The lowest BCUT2D eigenvalue weighted by atomic mass is 9.93. The van der Waals surface area contributed by atoms with Crippen LogP contribution in [-0.4, -0.2) is 22.3 Å². The van der Waals surface area contributed by atoms with Gasteiger partial charge in [-0.15, -0.1) is 5.10 Å². The summed E-state index contributed by atoms with van der Waals surface area (Å²) in [5, 5.41) is 14.9. The number of rotatable bonds is 7. The van der Waals surface area contributed by atoms with E-state index < -0.39 is 0 Å². The number of hydrogen-bond acceptors (Lipinski definition) is 6. The number of nitrogens with one attached hydrogen (secondary N) is 2. The standard InChI is InChI=1S/C22H27N5O/c1-14(2)18-10-7-11-19(15(3)4)21(18)26-22-25-20(13-23-27-22)24-16-8-6-9-17(12-16)28-5/h6-15H,1-5H3,(H2,24,25,26,27). The zero-order chi connectivity index (χ0) is 20.1. The van der Waals surface area contributed by atoms with Gasteiger partial charge in [-0.05, 0) is 35.1 Å². The van der Waals surface area contributed by atoms with Crippen LogP contribution in [0.4, 0.5) is 23.1 Å². The average molecular weight is 377 g/mol. The van der Waals surface area contributed by atoms with Crippen molar-refractivity contribution in [3.63, 3.8) is 0 Å². The van der Waals surface area contributed by atoms with Crippen molar-refractivity contribution < 1.29 is 4.74 Å². The summed E-state index contributed by atoms with van der Waals surface area (Å²) < 4.78 is 5.27.